The van der Waals surface area contributed by atoms with Crippen molar-refractivity contribution in [3.05, 3.63) is 35.1 Å². The number of halogens is 1. The quantitative estimate of drug-likeness (QED) is 0.476. The van der Waals surface area contributed by atoms with Crippen LogP contribution in [0.3, 0.4) is 0 Å². The molecule has 1 aromatic carbocycles. The lowest BCUT2D eigenvalue weighted by atomic mass is 9.74. The first kappa shape index (κ1) is 21.3. The molecule has 28 heavy (non-hydrogen) atoms. The molecule has 0 N–H and O–H groups in total. The van der Waals surface area contributed by atoms with E-state index in [4.69, 9.17) is 14.7 Å². The lowest BCUT2D eigenvalue weighted by Crippen LogP contribution is -2.34. The third-order valence-corrected chi connectivity index (χ3v) is 6.58. The Bertz CT molecular complexity index is 640. The van der Waals surface area contributed by atoms with E-state index in [1.165, 1.54) is 76.3 Å². The monoisotopic (exact) mass is 387 g/mol. The van der Waals surface area contributed by atoms with Crippen LogP contribution in [0.5, 0.6) is 0 Å². The summed E-state index contributed by atoms with van der Waals surface area (Å²) in [5.41, 5.74) is 0.710. The van der Waals surface area contributed by atoms with Gasteiger partial charge >= 0.3 is 0 Å². The molecule has 3 nitrogen and oxygen atoms in total. The number of hydrogen-bond donors (Lipinski definition) is 0. The molecule has 1 aliphatic carbocycles. The molecule has 0 aromatic heterocycles. The van der Waals surface area contributed by atoms with E-state index in [1.54, 1.807) is 6.07 Å². The molecule has 0 spiro atoms. The fourth-order valence-corrected chi connectivity index (χ4v) is 4.74. The highest BCUT2D eigenvalue weighted by molar-refractivity contribution is 5.33. The Balaban J connectivity index is 1.38. The van der Waals surface area contributed by atoms with Crippen LogP contribution in [0.1, 0.15) is 88.5 Å². The van der Waals surface area contributed by atoms with E-state index in [0.717, 1.165) is 5.92 Å². The Morgan fingerprint density at radius 1 is 1.00 bits per heavy atom. The maximum absolute atomic E-state index is 13.8. The van der Waals surface area contributed by atoms with E-state index >= 15 is 0 Å². The molecule has 0 radical (unpaired) electrons. The van der Waals surface area contributed by atoms with Gasteiger partial charge in [0.25, 0.3) is 0 Å². The molecule has 1 aromatic rings. The van der Waals surface area contributed by atoms with Crippen LogP contribution < -0.4 is 0 Å². The van der Waals surface area contributed by atoms with Crippen LogP contribution in [0.4, 0.5) is 4.39 Å². The van der Waals surface area contributed by atoms with Crippen LogP contribution in [0.15, 0.2) is 18.2 Å². The van der Waals surface area contributed by atoms with E-state index < -0.39 is 12.1 Å². The minimum Gasteiger partial charge on any atom is -0.348 e. The van der Waals surface area contributed by atoms with Crippen molar-refractivity contribution < 1.29 is 13.9 Å². The minimum absolute atomic E-state index is 0.0551. The second kappa shape index (κ2) is 10.9. The van der Waals surface area contributed by atoms with Crippen LogP contribution in [0.25, 0.3) is 0 Å². The topological polar surface area (TPSA) is 42.2 Å². The Morgan fingerprint density at radius 2 is 1.71 bits per heavy atom. The molecule has 0 atom stereocenters. The maximum Gasteiger partial charge on any atom is 0.183 e. The van der Waals surface area contributed by atoms with Gasteiger partial charge in [-0.25, -0.2) is 4.39 Å². The molecule has 3 rings (SSSR count). The Labute approximate surface area is 169 Å². The Hall–Kier alpha value is -1.44. The highest BCUT2D eigenvalue weighted by Gasteiger charge is 2.32. The van der Waals surface area contributed by atoms with Gasteiger partial charge in [-0.1, -0.05) is 64.4 Å². The summed E-state index contributed by atoms with van der Waals surface area (Å²) < 4.78 is 25.7. The highest BCUT2D eigenvalue weighted by atomic mass is 19.1. The molecule has 2 fully saturated rings. The van der Waals surface area contributed by atoms with Crippen molar-refractivity contribution in [1.82, 2.24) is 0 Å². The maximum atomic E-state index is 13.8. The summed E-state index contributed by atoms with van der Waals surface area (Å²) in [6.07, 6.45) is 13.0. The van der Waals surface area contributed by atoms with Crippen LogP contribution in [0, 0.1) is 34.9 Å². The van der Waals surface area contributed by atoms with E-state index in [-0.39, 0.29) is 5.56 Å². The summed E-state index contributed by atoms with van der Waals surface area (Å²) in [4.78, 5) is 0. The first-order chi connectivity index (χ1) is 13.7. The summed E-state index contributed by atoms with van der Waals surface area (Å²) >= 11 is 0. The molecule has 4 heteroatoms. The van der Waals surface area contributed by atoms with Crippen LogP contribution in [0.2, 0.25) is 0 Å². The summed E-state index contributed by atoms with van der Waals surface area (Å²) in [6, 6.07) is 6.41. The standard InChI is InChI=1S/C24H34FNO2/c1-2-3-4-5-6-7-18-8-10-19(11-9-18)22-16-27-24(28-17-22)20-12-13-21(15-26)23(25)14-20/h12-14,18-19,22,24H,2-11,16-17H2,1H3. The number of unbranched alkanes of at least 4 members (excludes halogenated alkanes) is 4. The number of ether oxygens (including phenoxy) is 2. The van der Waals surface area contributed by atoms with Gasteiger partial charge < -0.3 is 9.47 Å². The van der Waals surface area contributed by atoms with E-state index in [2.05, 4.69) is 6.92 Å². The third-order valence-electron chi connectivity index (χ3n) is 6.58. The highest BCUT2D eigenvalue weighted by Crippen LogP contribution is 2.38. The number of benzene rings is 1. The molecular weight excluding hydrogens is 353 g/mol. The molecule has 154 valence electrons. The summed E-state index contributed by atoms with van der Waals surface area (Å²) in [6.45, 7) is 3.63. The van der Waals surface area contributed by atoms with E-state index in [1.807, 2.05) is 6.07 Å². The number of rotatable bonds is 8. The van der Waals surface area contributed by atoms with Crippen LogP contribution in [-0.2, 0) is 9.47 Å². The molecule has 1 heterocycles. The first-order valence-corrected chi connectivity index (χ1v) is 11.1. The zero-order valence-electron chi connectivity index (χ0n) is 17.2. The second-order valence-corrected chi connectivity index (χ2v) is 8.59. The zero-order valence-corrected chi connectivity index (χ0v) is 17.2. The van der Waals surface area contributed by atoms with Gasteiger partial charge in [-0.2, -0.15) is 5.26 Å². The molecule has 2 aliphatic rings. The molecule has 0 unspecified atom stereocenters. The SMILES string of the molecule is CCCCCCCC1CCC(C2COC(c3ccc(C#N)c(F)c3)OC2)CC1. The summed E-state index contributed by atoms with van der Waals surface area (Å²) in [5, 5.41) is 8.85. The molecule has 1 saturated carbocycles. The largest absolute Gasteiger partial charge is 0.348 e. The van der Waals surface area contributed by atoms with Crippen molar-refractivity contribution in [3.63, 3.8) is 0 Å². The third kappa shape index (κ3) is 5.78. The summed E-state index contributed by atoms with van der Waals surface area (Å²) in [7, 11) is 0. The number of hydrogen-bond acceptors (Lipinski definition) is 3. The average Bonchev–Trinajstić information content (AvgIpc) is 2.74. The van der Waals surface area contributed by atoms with Crippen molar-refractivity contribution in [2.24, 2.45) is 17.8 Å². The minimum atomic E-state index is -0.516. The van der Waals surface area contributed by atoms with Gasteiger partial charge in [-0.3, -0.25) is 0 Å². The molecule has 1 saturated heterocycles. The van der Waals surface area contributed by atoms with Crippen molar-refractivity contribution in [3.8, 4) is 6.07 Å². The fourth-order valence-electron chi connectivity index (χ4n) is 4.74. The fraction of sp³-hybridized carbons (Fsp3) is 0.708. The lowest BCUT2D eigenvalue weighted by Gasteiger charge is -2.38. The van der Waals surface area contributed by atoms with Gasteiger partial charge in [0, 0.05) is 11.5 Å². The van der Waals surface area contributed by atoms with E-state index in [0.29, 0.717) is 30.6 Å². The van der Waals surface area contributed by atoms with Crippen molar-refractivity contribution in [2.75, 3.05) is 13.2 Å². The van der Waals surface area contributed by atoms with Gasteiger partial charge in [0.2, 0.25) is 0 Å². The van der Waals surface area contributed by atoms with Crippen molar-refractivity contribution >= 4 is 0 Å². The normalized spacial score (nSPS) is 28.0. The zero-order chi connectivity index (χ0) is 19.8. The number of nitrogens with zero attached hydrogens (tertiary/aromatic N) is 1. The molecule has 1 aliphatic heterocycles. The second-order valence-electron chi connectivity index (χ2n) is 8.59. The van der Waals surface area contributed by atoms with Gasteiger partial charge in [-0.05, 0) is 36.8 Å². The van der Waals surface area contributed by atoms with Crippen LogP contribution in [-0.4, -0.2) is 13.2 Å². The molecule has 0 amide bonds. The first-order valence-electron chi connectivity index (χ1n) is 11.1. The smallest absolute Gasteiger partial charge is 0.183 e. The predicted molar refractivity (Wildman–Crippen MR) is 108 cm³/mol. The summed E-state index contributed by atoms with van der Waals surface area (Å²) in [5.74, 6) is 1.54. The van der Waals surface area contributed by atoms with Crippen molar-refractivity contribution in [2.45, 2.75) is 77.4 Å². The van der Waals surface area contributed by atoms with Gasteiger partial charge in [0.1, 0.15) is 11.9 Å². The number of nitriles is 1. The Kier molecular flexibility index (Phi) is 8.30. The van der Waals surface area contributed by atoms with Crippen molar-refractivity contribution in [1.29, 1.82) is 5.26 Å². The molecular formula is C24H34FNO2. The lowest BCUT2D eigenvalue weighted by molar-refractivity contribution is -0.214. The van der Waals surface area contributed by atoms with Gasteiger partial charge in [-0.15, -0.1) is 0 Å². The van der Waals surface area contributed by atoms with Crippen LogP contribution >= 0.6 is 0 Å². The van der Waals surface area contributed by atoms with Gasteiger partial charge in [0.05, 0.1) is 18.8 Å². The van der Waals surface area contributed by atoms with Gasteiger partial charge in [0.15, 0.2) is 6.29 Å². The Morgan fingerprint density at radius 3 is 2.36 bits per heavy atom. The average molecular weight is 388 g/mol. The predicted octanol–water partition coefficient (Wildman–Crippen LogP) is 6.53. The van der Waals surface area contributed by atoms with E-state index in [9.17, 15) is 4.39 Å². The molecule has 0 bridgehead atoms.